The quantitative estimate of drug-likeness (QED) is 0.575. The Labute approximate surface area is 171 Å². The molecule has 2 aromatic carbocycles. The molecule has 7 heteroatoms. The van der Waals surface area contributed by atoms with Crippen LogP contribution < -0.4 is 0 Å². The van der Waals surface area contributed by atoms with E-state index in [9.17, 15) is 9.59 Å². The van der Waals surface area contributed by atoms with Gasteiger partial charge in [-0.2, -0.15) is 0 Å². The molecule has 28 heavy (non-hydrogen) atoms. The van der Waals surface area contributed by atoms with Crippen LogP contribution in [0.5, 0.6) is 0 Å². The largest absolute Gasteiger partial charge is 0.469 e. The number of hydrogen-bond donors (Lipinski definition) is 0. The maximum absolute atomic E-state index is 12.7. The Morgan fingerprint density at radius 2 is 1.32 bits per heavy atom. The van der Waals surface area contributed by atoms with Gasteiger partial charge >= 0.3 is 11.9 Å². The molecule has 0 radical (unpaired) electrons. The molecule has 2 bridgehead atoms. The maximum Gasteiger partial charge on any atom is 0.314 e. The predicted molar refractivity (Wildman–Crippen MR) is 107 cm³/mol. The maximum atomic E-state index is 12.7. The Morgan fingerprint density at radius 3 is 1.71 bits per heavy atom. The van der Waals surface area contributed by atoms with Gasteiger partial charge in [-0.25, -0.2) is 0 Å². The van der Waals surface area contributed by atoms with E-state index in [1.165, 1.54) is 14.2 Å². The van der Waals surface area contributed by atoms with Gasteiger partial charge in [-0.1, -0.05) is 23.2 Å². The molecule has 0 amide bonds. The fraction of sp³-hybridized carbons (Fsp3) is 0.333. The topological polar surface area (TPSA) is 57.5 Å². The second-order valence-corrected chi connectivity index (χ2v) is 8.62. The summed E-state index contributed by atoms with van der Waals surface area (Å²) in [5.41, 5.74) is 0.350. The number of ether oxygens (including phenoxy) is 2. The van der Waals surface area contributed by atoms with Crippen LogP contribution in [-0.2, 0) is 19.1 Å². The second-order valence-electron chi connectivity index (χ2n) is 7.74. The van der Waals surface area contributed by atoms with Crippen LogP contribution in [-0.4, -0.2) is 30.7 Å². The minimum Gasteiger partial charge on any atom is -0.469 e. The number of halogens is 2. The standard InChI is InChI=1S/C21H17Cl2NO4/c1-27-18(25)20-9-21(10-20,19(26)28-2)17(20)24-15-5-3-11(22)7-13(15)14-8-12(23)4-6-16(14)24/h3-8,17H,9-10H2,1-2H3. The zero-order chi connectivity index (χ0) is 19.8. The van der Waals surface area contributed by atoms with Gasteiger partial charge in [0, 0.05) is 31.9 Å². The van der Waals surface area contributed by atoms with Crippen molar-refractivity contribution in [2.45, 2.75) is 18.9 Å². The molecule has 0 N–H and O–H groups in total. The molecule has 3 fully saturated rings. The predicted octanol–water partition coefficient (Wildman–Crippen LogP) is 4.77. The summed E-state index contributed by atoms with van der Waals surface area (Å²) in [6.07, 6.45) is 0.874. The molecule has 1 aromatic heterocycles. The van der Waals surface area contributed by atoms with Gasteiger partial charge in [0.2, 0.25) is 0 Å². The highest BCUT2D eigenvalue weighted by molar-refractivity contribution is 6.33. The number of carbonyl (C=O) groups excluding carboxylic acids is 2. The van der Waals surface area contributed by atoms with E-state index in [4.69, 9.17) is 32.7 Å². The summed E-state index contributed by atoms with van der Waals surface area (Å²) >= 11 is 12.5. The van der Waals surface area contributed by atoms with Gasteiger partial charge in [-0.05, 0) is 49.2 Å². The monoisotopic (exact) mass is 417 g/mol. The second kappa shape index (κ2) is 5.65. The smallest absolute Gasteiger partial charge is 0.314 e. The van der Waals surface area contributed by atoms with Crippen LogP contribution in [0, 0.1) is 10.8 Å². The van der Waals surface area contributed by atoms with Gasteiger partial charge in [0.25, 0.3) is 0 Å². The number of fused-ring (bicyclic) bond motifs is 3. The van der Waals surface area contributed by atoms with Crippen molar-refractivity contribution >= 4 is 56.9 Å². The van der Waals surface area contributed by atoms with Crippen LogP contribution in [0.1, 0.15) is 18.9 Å². The van der Waals surface area contributed by atoms with Crippen molar-refractivity contribution in [3.63, 3.8) is 0 Å². The SMILES string of the molecule is COC(=O)C12CC(C(=O)OC)(C1)C2n1c2ccc(Cl)cc2c2cc(Cl)ccc21. The summed E-state index contributed by atoms with van der Waals surface area (Å²) in [6.45, 7) is 0. The number of benzene rings is 2. The first-order chi connectivity index (χ1) is 13.4. The molecule has 3 aromatic rings. The lowest BCUT2D eigenvalue weighted by Gasteiger charge is -2.72. The van der Waals surface area contributed by atoms with Crippen molar-refractivity contribution < 1.29 is 19.1 Å². The van der Waals surface area contributed by atoms with Gasteiger partial charge < -0.3 is 14.0 Å². The minimum absolute atomic E-state index is 0.291. The van der Waals surface area contributed by atoms with E-state index >= 15 is 0 Å². The summed E-state index contributed by atoms with van der Waals surface area (Å²) in [6, 6.07) is 10.8. The number of rotatable bonds is 3. The van der Waals surface area contributed by atoms with Crippen LogP contribution in [0.4, 0.5) is 0 Å². The van der Waals surface area contributed by atoms with Gasteiger partial charge in [-0.3, -0.25) is 9.59 Å². The molecule has 0 aliphatic heterocycles. The van der Waals surface area contributed by atoms with E-state index in [0.29, 0.717) is 22.9 Å². The normalized spacial score (nSPS) is 27.9. The highest BCUT2D eigenvalue weighted by Gasteiger charge is 2.84. The van der Waals surface area contributed by atoms with Crippen LogP contribution in [0.3, 0.4) is 0 Å². The van der Waals surface area contributed by atoms with E-state index in [1.54, 1.807) is 12.1 Å². The van der Waals surface area contributed by atoms with Crippen molar-refractivity contribution in [1.82, 2.24) is 4.57 Å². The molecule has 0 unspecified atom stereocenters. The molecule has 6 rings (SSSR count). The molecule has 5 nitrogen and oxygen atoms in total. The molecular formula is C21H17Cl2NO4. The summed E-state index contributed by atoms with van der Waals surface area (Å²) < 4.78 is 12.3. The molecule has 0 spiro atoms. The number of esters is 2. The van der Waals surface area contributed by atoms with E-state index < -0.39 is 10.8 Å². The zero-order valence-electron chi connectivity index (χ0n) is 15.3. The number of hydrogen-bond acceptors (Lipinski definition) is 4. The van der Waals surface area contributed by atoms with Crippen LogP contribution >= 0.6 is 23.2 Å². The Bertz CT molecular complexity index is 1090. The third-order valence-electron chi connectivity index (χ3n) is 6.48. The highest BCUT2D eigenvalue weighted by atomic mass is 35.5. The third kappa shape index (κ3) is 1.93. The molecule has 3 aliphatic rings. The number of carbonyl (C=O) groups is 2. The van der Waals surface area contributed by atoms with E-state index in [1.807, 2.05) is 24.3 Å². The van der Waals surface area contributed by atoms with Gasteiger partial charge in [0.1, 0.15) is 0 Å². The van der Waals surface area contributed by atoms with Crippen molar-refractivity contribution in [3.05, 3.63) is 46.4 Å². The lowest BCUT2D eigenvalue weighted by atomic mass is 9.31. The summed E-state index contributed by atoms with van der Waals surface area (Å²) in [4.78, 5) is 25.3. The molecular weight excluding hydrogens is 401 g/mol. The van der Waals surface area contributed by atoms with E-state index in [0.717, 1.165) is 21.8 Å². The van der Waals surface area contributed by atoms with Gasteiger partial charge in [0.05, 0.1) is 31.1 Å². The Balaban J connectivity index is 1.82. The number of nitrogens with zero attached hydrogens (tertiary/aromatic N) is 1. The molecule has 3 aliphatic carbocycles. The molecule has 1 heterocycles. The Morgan fingerprint density at radius 1 is 0.893 bits per heavy atom. The molecule has 3 saturated carbocycles. The number of methoxy groups -OCH3 is 2. The Kier molecular flexibility index (Phi) is 3.60. The molecule has 0 saturated heterocycles. The van der Waals surface area contributed by atoms with Crippen molar-refractivity contribution in [3.8, 4) is 0 Å². The van der Waals surface area contributed by atoms with Crippen LogP contribution in [0.2, 0.25) is 10.0 Å². The van der Waals surface area contributed by atoms with Crippen molar-refractivity contribution in [1.29, 1.82) is 0 Å². The average Bonchev–Trinajstić information content (AvgIpc) is 2.92. The summed E-state index contributed by atoms with van der Waals surface area (Å²) in [5, 5.41) is 3.07. The first-order valence-corrected chi connectivity index (χ1v) is 9.69. The Hall–Kier alpha value is -2.24. The minimum atomic E-state index is -0.721. The first kappa shape index (κ1) is 17.8. The zero-order valence-corrected chi connectivity index (χ0v) is 16.8. The van der Waals surface area contributed by atoms with Crippen molar-refractivity contribution in [2.75, 3.05) is 14.2 Å². The summed E-state index contributed by atoms with van der Waals surface area (Å²) in [5.74, 6) is -0.581. The van der Waals surface area contributed by atoms with Gasteiger partial charge in [0.15, 0.2) is 0 Å². The molecule has 0 atom stereocenters. The van der Waals surface area contributed by atoms with Gasteiger partial charge in [-0.15, -0.1) is 0 Å². The number of aromatic nitrogens is 1. The van der Waals surface area contributed by atoms with E-state index in [2.05, 4.69) is 4.57 Å². The van der Waals surface area contributed by atoms with Crippen LogP contribution in [0.15, 0.2) is 36.4 Å². The fourth-order valence-corrected chi connectivity index (χ4v) is 5.76. The lowest BCUT2D eigenvalue weighted by Crippen LogP contribution is -2.76. The average molecular weight is 418 g/mol. The summed E-state index contributed by atoms with van der Waals surface area (Å²) in [7, 11) is 2.77. The fourth-order valence-electron chi connectivity index (χ4n) is 5.42. The highest BCUT2D eigenvalue weighted by Crippen LogP contribution is 2.80. The van der Waals surface area contributed by atoms with Crippen LogP contribution in [0.25, 0.3) is 21.8 Å². The third-order valence-corrected chi connectivity index (χ3v) is 6.95. The lowest BCUT2D eigenvalue weighted by molar-refractivity contribution is -0.264. The van der Waals surface area contributed by atoms with Crippen molar-refractivity contribution in [2.24, 2.45) is 10.8 Å². The molecule has 144 valence electrons. The van der Waals surface area contributed by atoms with E-state index in [-0.39, 0.29) is 18.0 Å². The first-order valence-electron chi connectivity index (χ1n) is 8.93.